The van der Waals surface area contributed by atoms with E-state index in [4.69, 9.17) is 5.11 Å². The van der Waals surface area contributed by atoms with Gasteiger partial charge in [-0.05, 0) is 31.0 Å². The van der Waals surface area contributed by atoms with Gasteiger partial charge in [-0.1, -0.05) is 64.7 Å². The van der Waals surface area contributed by atoms with Crippen LogP contribution in [0.4, 0.5) is 0 Å². The van der Waals surface area contributed by atoms with Gasteiger partial charge < -0.3 is 10.2 Å². The first kappa shape index (κ1) is 22.5. The van der Waals surface area contributed by atoms with Gasteiger partial charge in [-0.15, -0.1) is 0 Å². The Labute approximate surface area is 157 Å². The summed E-state index contributed by atoms with van der Waals surface area (Å²) in [5.74, 6) is -1.70. The molecule has 0 amide bonds. The van der Waals surface area contributed by atoms with E-state index in [1.54, 1.807) is 0 Å². The van der Waals surface area contributed by atoms with Gasteiger partial charge in [-0.2, -0.15) is 0 Å². The quantitative estimate of drug-likeness (QED) is 0.462. The number of carboxylic acid groups (broad SMARTS) is 1. The van der Waals surface area contributed by atoms with Gasteiger partial charge in [-0.25, -0.2) is 13.2 Å². The van der Waals surface area contributed by atoms with Crippen LogP contribution in [0.25, 0.3) is 0 Å². The van der Waals surface area contributed by atoms with E-state index in [1.165, 1.54) is 51.5 Å². The molecule has 0 aromatic heterocycles. The van der Waals surface area contributed by atoms with Gasteiger partial charge in [0.1, 0.15) is 11.3 Å². The van der Waals surface area contributed by atoms with Gasteiger partial charge in [0, 0.05) is 0 Å². The number of aryl methyl sites for hydroxylation is 1. The Morgan fingerprint density at radius 3 is 1.92 bits per heavy atom. The Morgan fingerprint density at radius 1 is 0.923 bits per heavy atom. The van der Waals surface area contributed by atoms with Crippen LogP contribution in [-0.4, -0.2) is 30.4 Å². The highest BCUT2D eigenvalue weighted by atomic mass is 32.2. The summed E-state index contributed by atoms with van der Waals surface area (Å²) in [6, 6.07) is 2.39. The van der Waals surface area contributed by atoms with Crippen LogP contribution < -0.4 is 0 Å². The molecular formula is C20H32O5S. The predicted octanol–water partition coefficient (Wildman–Crippen LogP) is 5.09. The second-order valence-electron chi connectivity index (χ2n) is 6.94. The molecule has 26 heavy (non-hydrogen) atoms. The summed E-state index contributed by atoms with van der Waals surface area (Å²) in [5, 5.41) is 18.8. The Kier molecular flexibility index (Phi) is 9.70. The third kappa shape index (κ3) is 7.36. The highest BCUT2D eigenvalue weighted by Gasteiger charge is 2.20. The molecular weight excluding hydrogens is 352 g/mol. The number of sulfone groups is 1. The molecule has 0 unspecified atom stereocenters. The fourth-order valence-electron chi connectivity index (χ4n) is 2.99. The van der Waals surface area contributed by atoms with Crippen molar-refractivity contribution in [3.8, 4) is 5.75 Å². The summed E-state index contributed by atoms with van der Waals surface area (Å²) >= 11 is 0. The van der Waals surface area contributed by atoms with Crippen molar-refractivity contribution in [2.24, 2.45) is 0 Å². The number of rotatable bonds is 13. The molecule has 6 heteroatoms. The molecule has 2 N–H and O–H groups in total. The molecule has 0 saturated carbocycles. The van der Waals surface area contributed by atoms with Crippen molar-refractivity contribution < 1.29 is 23.4 Å². The third-order valence-corrected chi connectivity index (χ3v) is 6.41. The zero-order valence-electron chi connectivity index (χ0n) is 16.0. The summed E-state index contributed by atoms with van der Waals surface area (Å²) in [7, 11) is -3.54. The van der Waals surface area contributed by atoms with Crippen molar-refractivity contribution in [3.05, 3.63) is 23.3 Å². The maximum absolute atomic E-state index is 12.4. The smallest absolute Gasteiger partial charge is 0.339 e. The largest absolute Gasteiger partial charge is 0.507 e. The van der Waals surface area contributed by atoms with E-state index in [0.29, 0.717) is 6.42 Å². The number of aromatic hydroxyl groups is 1. The molecule has 0 heterocycles. The van der Waals surface area contributed by atoms with E-state index in [-0.39, 0.29) is 27.5 Å². The Balaban J connectivity index is 2.42. The lowest BCUT2D eigenvalue weighted by molar-refractivity contribution is 0.0693. The van der Waals surface area contributed by atoms with Crippen LogP contribution in [-0.2, 0) is 9.84 Å². The van der Waals surface area contributed by atoms with E-state index in [2.05, 4.69) is 6.92 Å². The van der Waals surface area contributed by atoms with Crippen LogP contribution in [0, 0.1) is 6.92 Å². The van der Waals surface area contributed by atoms with Crippen molar-refractivity contribution >= 4 is 15.8 Å². The van der Waals surface area contributed by atoms with Crippen LogP contribution in [0.3, 0.4) is 0 Å². The first-order chi connectivity index (χ1) is 12.3. The Bertz CT molecular complexity index is 680. The topological polar surface area (TPSA) is 91.7 Å². The van der Waals surface area contributed by atoms with Gasteiger partial charge in [0.15, 0.2) is 9.84 Å². The zero-order valence-corrected chi connectivity index (χ0v) is 16.8. The molecule has 1 rings (SSSR count). The third-order valence-electron chi connectivity index (χ3n) is 4.63. The lowest BCUT2D eigenvalue weighted by Gasteiger charge is -2.09. The van der Waals surface area contributed by atoms with Gasteiger partial charge in [0.05, 0.1) is 10.6 Å². The number of hydrogen-bond donors (Lipinski definition) is 2. The van der Waals surface area contributed by atoms with Crippen molar-refractivity contribution in [2.45, 2.75) is 83.0 Å². The lowest BCUT2D eigenvalue weighted by atomic mass is 10.1. The maximum Gasteiger partial charge on any atom is 0.339 e. The molecule has 0 fully saturated rings. The summed E-state index contributed by atoms with van der Waals surface area (Å²) in [6.45, 7) is 3.71. The van der Waals surface area contributed by atoms with E-state index < -0.39 is 15.8 Å². The van der Waals surface area contributed by atoms with Crippen LogP contribution in [0.2, 0.25) is 0 Å². The number of benzene rings is 1. The Morgan fingerprint density at radius 2 is 1.42 bits per heavy atom. The predicted molar refractivity (Wildman–Crippen MR) is 104 cm³/mol. The molecule has 0 saturated heterocycles. The van der Waals surface area contributed by atoms with Gasteiger partial charge in [0.25, 0.3) is 0 Å². The molecule has 0 atom stereocenters. The fraction of sp³-hybridized carbons (Fsp3) is 0.650. The average Bonchev–Trinajstić information content (AvgIpc) is 2.58. The number of phenols is 1. The van der Waals surface area contributed by atoms with E-state index in [1.807, 2.05) is 0 Å². The van der Waals surface area contributed by atoms with E-state index >= 15 is 0 Å². The molecule has 0 spiro atoms. The number of unbranched alkanes of at least 4 members (excludes halogenated alkanes) is 9. The highest BCUT2D eigenvalue weighted by molar-refractivity contribution is 7.91. The minimum Gasteiger partial charge on any atom is -0.507 e. The minimum absolute atomic E-state index is 0.00672. The fourth-order valence-corrected chi connectivity index (χ4v) is 4.46. The van der Waals surface area contributed by atoms with Gasteiger partial charge in [0.2, 0.25) is 0 Å². The Hall–Kier alpha value is -1.56. The molecule has 0 aliphatic heterocycles. The first-order valence-electron chi connectivity index (χ1n) is 9.59. The zero-order chi connectivity index (χ0) is 19.6. The normalized spacial score (nSPS) is 11.6. The number of carboxylic acids is 1. The summed E-state index contributed by atoms with van der Waals surface area (Å²) in [4.78, 5) is 11.1. The number of hydrogen-bond acceptors (Lipinski definition) is 4. The van der Waals surface area contributed by atoms with Crippen LogP contribution in [0.15, 0.2) is 17.0 Å². The highest BCUT2D eigenvalue weighted by Crippen LogP contribution is 2.27. The number of aromatic carboxylic acids is 1. The molecule has 0 aliphatic rings. The van der Waals surface area contributed by atoms with Crippen molar-refractivity contribution in [3.63, 3.8) is 0 Å². The average molecular weight is 385 g/mol. The number of carbonyl (C=O) groups is 1. The van der Waals surface area contributed by atoms with Crippen molar-refractivity contribution in [1.29, 1.82) is 0 Å². The standard InChI is InChI=1S/C20H32O5S/c1-3-4-5-6-7-8-9-10-11-12-13-26(24,25)17-14-16(2)19(21)18(15-17)20(22)23/h14-15,21H,3-13H2,1-2H3,(H,22,23). The SMILES string of the molecule is CCCCCCCCCCCCS(=O)(=O)c1cc(C)c(O)c(C(=O)O)c1. The molecule has 0 radical (unpaired) electrons. The summed E-state index contributed by atoms with van der Waals surface area (Å²) in [6.07, 6.45) is 11.2. The van der Waals surface area contributed by atoms with Gasteiger partial charge >= 0.3 is 5.97 Å². The molecule has 0 bridgehead atoms. The second-order valence-corrected chi connectivity index (χ2v) is 9.05. The second kappa shape index (κ2) is 11.2. The molecule has 1 aromatic carbocycles. The molecule has 148 valence electrons. The molecule has 0 aliphatic carbocycles. The maximum atomic E-state index is 12.4. The van der Waals surface area contributed by atoms with Crippen molar-refractivity contribution in [1.82, 2.24) is 0 Å². The molecule has 1 aromatic rings. The minimum atomic E-state index is -3.54. The summed E-state index contributed by atoms with van der Waals surface area (Å²) < 4.78 is 24.9. The monoisotopic (exact) mass is 384 g/mol. The van der Waals surface area contributed by atoms with Gasteiger partial charge in [-0.3, -0.25) is 0 Å². The van der Waals surface area contributed by atoms with Crippen LogP contribution in [0.5, 0.6) is 5.75 Å². The van der Waals surface area contributed by atoms with E-state index in [9.17, 15) is 18.3 Å². The summed E-state index contributed by atoms with van der Waals surface area (Å²) in [5.41, 5.74) is -0.113. The first-order valence-corrected chi connectivity index (χ1v) is 11.2. The molecule has 5 nitrogen and oxygen atoms in total. The lowest BCUT2D eigenvalue weighted by Crippen LogP contribution is -2.09. The van der Waals surface area contributed by atoms with E-state index in [0.717, 1.165) is 25.3 Å². The van der Waals surface area contributed by atoms with Crippen molar-refractivity contribution in [2.75, 3.05) is 5.75 Å². The van der Waals surface area contributed by atoms with Crippen LogP contribution in [0.1, 0.15) is 87.1 Å². The van der Waals surface area contributed by atoms with Crippen LogP contribution >= 0.6 is 0 Å².